The molecular weight excluding hydrogens is 344 g/mol. The molecule has 24 heavy (non-hydrogen) atoms. The molecule has 2 aliphatic rings. The number of nitrogens with zero attached hydrogens (tertiary/aromatic N) is 2. The van der Waals surface area contributed by atoms with Gasteiger partial charge in [-0.3, -0.25) is 0 Å². The first-order chi connectivity index (χ1) is 11.6. The van der Waals surface area contributed by atoms with E-state index in [4.69, 9.17) is 4.74 Å². The summed E-state index contributed by atoms with van der Waals surface area (Å²) in [5, 5.41) is 0.852. The summed E-state index contributed by atoms with van der Waals surface area (Å²) in [4.78, 5) is 4.62. The van der Waals surface area contributed by atoms with E-state index < -0.39 is 10.0 Å². The molecular formula is C17H26N2O3S2. The van der Waals surface area contributed by atoms with Crippen LogP contribution in [0.1, 0.15) is 44.9 Å². The van der Waals surface area contributed by atoms with Crippen LogP contribution in [0.2, 0.25) is 0 Å². The zero-order chi connectivity index (χ0) is 17.0. The second-order valence-electron chi connectivity index (χ2n) is 6.59. The van der Waals surface area contributed by atoms with Crippen molar-refractivity contribution in [2.24, 2.45) is 0 Å². The Hall–Kier alpha value is -0.630. The van der Waals surface area contributed by atoms with Crippen molar-refractivity contribution in [1.29, 1.82) is 0 Å². The first-order valence-electron chi connectivity index (χ1n) is 8.76. The Balaban J connectivity index is 1.62. The number of sulfonamides is 1. The molecule has 1 aromatic heterocycles. The molecule has 5 nitrogen and oxygen atoms in total. The van der Waals surface area contributed by atoms with Crippen molar-refractivity contribution in [2.75, 3.05) is 19.4 Å². The fourth-order valence-electron chi connectivity index (χ4n) is 3.37. The van der Waals surface area contributed by atoms with Crippen LogP contribution in [-0.4, -0.2) is 49.3 Å². The fourth-order valence-corrected chi connectivity index (χ4v) is 5.64. The summed E-state index contributed by atoms with van der Waals surface area (Å²) in [5.41, 5.74) is 0. The molecule has 0 amide bonds. The Labute approximate surface area is 149 Å². The molecule has 0 radical (unpaired) electrons. The third kappa shape index (κ3) is 4.31. The van der Waals surface area contributed by atoms with E-state index in [1.165, 1.54) is 12.6 Å². The number of hydrogen-bond donors (Lipinski definition) is 0. The minimum absolute atomic E-state index is 0.123. The summed E-state index contributed by atoms with van der Waals surface area (Å²) in [6.07, 6.45) is 9.38. The molecule has 1 atom stereocenters. The van der Waals surface area contributed by atoms with Crippen molar-refractivity contribution in [3.63, 3.8) is 0 Å². The van der Waals surface area contributed by atoms with Gasteiger partial charge in [-0.05, 0) is 37.8 Å². The number of rotatable bonds is 6. The predicted molar refractivity (Wildman–Crippen MR) is 95.8 cm³/mol. The Bertz CT molecular complexity index is 622. The zero-order valence-corrected chi connectivity index (χ0v) is 15.8. The van der Waals surface area contributed by atoms with E-state index in [2.05, 4.69) is 4.98 Å². The van der Waals surface area contributed by atoms with Crippen molar-refractivity contribution in [3.05, 3.63) is 18.3 Å². The molecule has 0 aromatic carbocycles. The van der Waals surface area contributed by atoms with Crippen molar-refractivity contribution >= 4 is 21.8 Å². The number of pyridine rings is 1. The summed E-state index contributed by atoms with van der Waals surface area (Å²) in [6.45, 7) is 0.851. The molecule has 1 saturated heterocycles. The highest BCUT2D eigenvalue weighted by Crippen LogP contribution is 2.27. The van der Waals surface area contributed by atoms with E-state index in [0.29, 0.717) is 6.10 Å². The summed E-state index contributed by atoms with van der Waals surface area (Å²) in [5.74, 6) is 0.876. The highest BCUT2D eigenvalue weighted by molar-refractivity contribution is 7.99. The third-order valence-corrected chi connectivity index (χ3v) is 7.89. The largest absolute Gasteiger partial charge is 0.377 e. The Morgan fingerprint density at radius 1 is 1.21 bits per heavy atom. The van der Waals surface area contributed by atoms with Gasteiger partial charge in [0.1, 0.15) is 4.90 Å². The molecule has 0 bridgehead atoms. The van der Waals surface area contributed by atoms with Gasteiger partial charge in [0.15, 0.2) is 0 Å². The van der Waals surface area contributed by atoms with Gasteiger partial charge in [-0.2, -0.15) is 4.31 Å². The van der Waals surface area contributed by atoms with Gasteiger partial charge in [-0.15, -0.1) is 11.8 Å². The minimum Gasteiger partial charge on any atom is -0.377 e. The van der Waals surface area contributed by atoms with E-state index in [1.807, 2.05) is 0 Å². The van der Waals surface area contributed by atoms with Gasteiger partial charge in [0.05, 0.1) is 11.1 Å². The van der Waals surface area contributed by atoms with Crippen molar-refractivity contribution in [2.45, 2.75) is 67.0 Å². The Morgan fingerprint density at radius 2 is 2.00 bits per heavy atom. The second kappa shape index (κ2) is 8.17. The lowest BCUT2D eigenvalue weighted by molar-refractivity contribution is 0.129. The predicted octanol–water partition coefficient (Wildman–Crippen LogP) is 3.31. The van der Waals surface area contributed by atoms with Crippen LogP contribution < -0.4 is 0 Å². The fraction of sp³-hybridized carbons (Fsp3) is 0.706. The summed E-state index contributed by atoms with van der Waals surface area (Å²) in [6, 6.07) is 3.61. The topological polar surface area (TPSA) is 59.5 Å². The molecule has 0 spiro atoms. The lowest BCUT2D eigenvalue weighted by atomic mass is 9.96. The van der Waals surface area contributed by atoms with Gasteiger partial charge < -0.3 is 4.74 Å². The van der Waals surface area contributed by atoms with Gasteiger partial charge in [-0.25, -0.2) is 13.4 Å². The highest BCUT2D eigenvalue weighted by atomic mass is 32.2. The first-order valence-corrected chi connectivity index (χ1v) is 11.2. The SMILES string of the molecule is CN(C1CCCCC1)S(=O)(=O)c1ccc(SCC2CCCO2)nc1. The second-order valence-corrected chi connectivity index (χ2v) is 9.63. The lowest BCUT2D eigenvalue weighted by Crippen LogP contribution is -2.38. The van der Waals surface area contributed by atoms with Gasteiger partial charge in [0, 0.05) is 31.6 Å². The third-order valence-electron chi connectivity index (χ3n) is 4.92. The van der Waals surface area contributed by atoms with Crippen LogP contribution in [0.3, 0.4) is 0 Å². The van der Waals surface area contributed by atoms with E-state index in [-0.39, 0.29) is 10.9 Å². The van der Waals surface area contributed by atoms with Crippen molar-refractivity contribution < 1.29 is 13.2 Å². The van der Waals surface area contributed by atoms with Gasteiger partial charge in [0.25, 0.3) is 0 Å². The van der Waals surface area contributed by atoms with Crippen LogP contribution in [0.25, 0.3) is 0 Å². The summed E-state index contributed by atoms with van der Waals surface area (Å²) in [7, 11) is -1.75. The van der Waals surface area contributed by atoms with E-state index in [0.717, 1.165) is 55.9 Å². The molecule has 3 rings (SSSR count). The molecule has 1 aliphatic carbocycles. The summed E-state index contributed by atoms with van der Waals surface area (Å²) < 4.78 is 32.7. The van der Waals surface area contributed by atoms with Crippen LogP contribution in [-0.2, 0) is 14.8 Å². The summed E-state index contributed by atoms with van der Waals surface area (Å²) >= 11 is 1.63. The Kier molecular flexibility index (Phi) is 6.18. The van der Waals surface area contributed by atoms with E-state index >= 15 is 0 Å². The monoisotopic (exact) mass is 370 g/mol. The van der Waals surface area contributed by atoms with Crippen LogP contribution in [0.5, 0.6) is 0 Å². The maximum absolute atomic E-state index is 12.8. The van der Waals surface area contributed by atoms with Crippen molar-refractivity contribution in [1.82, 2.24) is 9.29 Å². The number of thioether (sulfide) groups is 1. The molecule has 7 heteroatoms. The van der Waals surface area contributed by atoms with E-state index in [9.17, 15) is 8.42 Å². The van der Waals surface area contributed by atoms with Gasteiger partial charge in [-0.1, -0.05) is 19.3 Å². The minimum atomic E-state index is -3.45. The van der Waals surface area contributed by atoms with Crippen LogP contribution in [0.4, 0.5) is 0 Å². The lowest BCUT2D eigenvalue weighted by Gasteiger charge is -2.30. The molecule has 0 N–H and O–H groups in total. The molecule has 2 fully saturated rings. The van der Waals surface area contributed by atoms with Crippen LogP contribution >= 0.6 is 11.8 Å². The van der Waals surface area contributed by atoms with Crippen LogP contribution in [0.15, 0.2) is 28.3 Å². The van der Waals surface area contributed by atoms with E-state index in [1.54, 1.807) is 35.2 Å². The smallest absolute Gasteiger partial charge is 0.244 e. The molecule has 1 aromatic rings. The normalized spacial score (nSPS) is 23.0. The average Bonchev–Trinajstić information content (AvgIpc) is 3.14. The quantitative estimate of drug-likeness (QED) is 0.719. The molecule has 1 aliphatic heterocycles. The molecule has 2 heterocycles. The molecule has 1 saturated carbocycles. The Morgan fingerprint density at radius 3 is 2.62 bits per heavy atom. The first kappa shape index (κ1) is 18.2. The van der Waals surface area contributed by atoms with Gasteiger partial charge in [0.2, 0.25) is 10.0 Å². The standard InChI is InChI=1S/C17H26N2O3S2/c1-19(14-6-3-2-4-7-14)24(20,21)16-9-10-17(18-12-16)23-13-15-8-5-11-22-15/h9-10,12,14-15H,2-8,11,13H2,1H3. The maximum atomic E-state index is 12.8. The van der Waals surface area contributed by atoms with Crippen LogP contribution in [0, 0.1) is 0 Å². The highest BCUT2D eigenvalue weighted by Gasteiger charge is 2.29. The maximum Gasteiger partial charge on any atom is 0.244 e. The zero-order valence-electron chi connectivity index (χ0n) is 14.2. The number of hydrogen-bond acceptors (Lipinski definition) is 5. The molecule has 1 unspecified atom stereocenters. The number of ether oxygens (including phenoxy) is 1. The number of aromatic nitrogens is 1. The molecule has 134 valence electrons. The van der Waals surface area contributed by atoms with Crippen molar-refractivity contribution in [3.8, 4) is 0 Å². The van der Waals surface area contributed by atoms with Gasteiger partial charge >= 0.3 is 0 Å². The average molecular weight is 371 g/mol.